The normalized spacial score (nSPS) is 34.3. The third-order valence-corrected chi connectivity index (χ3v) is 14.3. The number of carbonyl (C=O) groups excluding carboxylic acids is 4. The Balaban J connectivity index is 0.999. The highest BCUT2D eigenvalue weighted by atomic mass is 32.2. The Morgan fingerprint density at radius 2 is 1.76 bits per heavy atom. The van der Waals surface area contributed by atoms with Gasteiger partial charge in [-0.15, -0.1) is 0 Å². The van der Waals surface area contributed by atoms with Crippen molar-refractivity contribution in [1.29, 1.82) is 0 Å². The van der Waals surface area contributed by atoms with Crippen molar-refractivity contribution in [3.63, 3.8) is 0 Å². The number of carbonyl (C=O) groups is 4. The smallest absolute Gasteiger partial charge is 0.404 e. The standard InChI is InChI=1S/C37H45N2O15S/c1-20-23-11-12-24-35-19-51-37(45,30(44)28(35)34(3,4)16-15-25(35)52-21(2)40)36(24,29(20)43)31(23)53-27(42)14-13-26(41)49-17-8-18-50-32-33(39(46)54-38-32)55(47,48)22-9-6-5-7-10-22/h5-7,9-10,23-25,28,30-31,38,44-45H,1,8,11-19H2,2-4H3/q+1/t23-,24-,25?,28+,30-,31+,35+,36-,37-/m0/s1. The van der Waals surface area contributed by atoms with Crippen LogP contribution < -0.4 is 9.34 Å². The Hall–Kier alpha value is -4.39. The molecule has 2 saturated heterocycles. The van der Waals surface area contributed by atoms with Crippen molar-refractivity contribution in [1.82, 2.24) is 5.16 Å². The molecular formula is C37H45N2O15S+. The quantitative estimate of drug-likeness (QED) is 0.121. The van der Waals surface area contributed by atoms with Crippen molar-refractivity contribution in [2.24, 2.45) is 34.0 Å². The van der Waals surface area contributed by atoms with Gasteiger partial charge in [-0.25, -0.2) is 8.42 Å². The summed E-state index contributed by atoms with van der Waals surface area (Å²) in [6.45, 7) is 8.83. The summed E-state index contributed by atoms with van der Waals surface area (Å²) in [6, 6.07) is 7.21. The minimum absolute atomic E-state index is 0.0750. The predicted molar refractivity (Wildman–Crippen MR) is 183 cm³/mol. The molecule has 4 bridgehead atoms. The van der Waals surface area contributed by atoms with E-state index in [4.69, 9.17) is 23.7 Å². The van der Waals surface area contributed by atoms with Crippen LogP contribution in [0.2, 0.25) is 0 Å². The second kappa shape index (κ2) is 13.7. The van der Waals surface area contributed by atoms with Crippen molar-refractivity contribution < 1.29 is 70.7 Å². The lowest BCUT2D eigenvalue weighted by Crippen LogP contribution is -2.86. The number of nitrogens with one attached hydrogen (secondary N) is 1. The number of nitrogens with zero attached hydrogens (tertiary/aromatic N) is 1. The van der Waals surface area contributed by atoms with Gasteiger partial charge in [-0.3, -0.25) is 19.2 Å². The summed E-state index contributed by atoms with van der Waals surface area (Å²) in [5, 5.41) is 25.8. The zero-order chi connectivity index (χ0) is 39.7. The van der Waals surface area contributed by atoms with Crippen LogP contribution in [0.15, 0.2) is 57.0 Å². The SMILES string of the molecule is C=C1C(=O)[C@]23[C@H](OC(=O)CCC(=O)OCCCOc4[nH]o[n+](=O)c4S(=O)(=O)c4ccccc4)[C@H]1CC[C@H]2[C@@]12CO[C@@]3(O)[C@@H](O)[C@@H]1C(C)(C)CCC2OC(C)=O. The molecule has 8 rings (SSSR count). The molecule has 2 aromatic rings. The molecule has 9 atom stereocenters. The van der Waals surface area contributed by atoms with E-state index in [1.807, 2.05) is 13.8 Å². The molecule has 18 heteroatoms. The van der Waals surface area contributed by atoms with Gasteiger partial charge in [0, 0.05) is 30.6 Å². The Bertz CT molecular complexity index is 2080. The van der Waals surface area contributed by atoms with Gasteiger partial charge in [-0.1, -0.05) is 43.3 Å². The van der Waals surface area contributed by atoms with Crippen LogP contribution in [0.1, 0.15) is 65.7 Å². The number of rotatable bonds is 12. The van der Waals surface area contributed by atoms with E-state index in [1.54, 1.807) is 6.07 Å². The molecule has 2 aliphatic heterocycles. The summed E-state index contributed by atoms with van der Waals surface area (Å²) in [7, 11) is -4.29. The molecule has 0 radical (unpaired) electrons. The first kappa shape index (κ1) is 38.9. The summed E-state index contributed by atoms with van der Waals surface area (Å²) >= 11 is 0. The van der Waals surface area contributed by atoms with Crippen LogP contribution in [0.5, 0.6) is 5.88 Å². The largest absolute Gasteiger partial charge is 0.466 e. The fourth-order valence-electron chi connectivity index (χ4n) is 10.6. The van der Waals surface area contributed by atoms with Gasteiger partial charge in [0.25, 0.3) is 9.84 Å². The van der Waals surface area contributed by atoms with Crippen LogP contribution in [0.25, 0.3) is 0 Å². The summed E-state index contributed by atoms with van der Waals surface area (Å²) in [4.78, 5) is 64.8. The first-order valence-electron chi connectivity index (χ1n) is 18.3. The average molecular weight is 790 g/mol. The lowest BCUT2D eigenvalue weighted by Gasteiger charge is -2.74. The van der Waals surface area contributed by atoms with Crippen LogP contribution in [0, 0.1) is 38.9 Å². The van der Waals surface area contributed by atoms with Gasteiger partial charge in [-0.05, 0) is 64.8 Å². The van der Waals surface area contributed by atoms with E-state index in [2.05, 4.69) is 16.4 Å². The molecule has 1 aromatic carbocycles. The van der Waals surface area contributed by atoms with Crippen molar-refractivity contribution >= 4 is 33.5 Å². The number of aliphatic hydroxyl groups is 2. The first-order valence-corrected chi connectivity index (χ1v) is 19.8. The number of Topliss-reactive ketones (excluding diaryl/α,β-unsaturated/α-hetero) is 1. The van der Waals surface area contributed by atoms with Gasteiger partial charge in [0.05, 0.1) is 37.6 Å². The van der Waals surface area contributed by atoms with E-state index >= 15 is 0 Å². The molecule has 2 spiro atoms. The fourth-order valence-corrected chi connectivity index (χ4v) is 11.9. The molecule has 1 unspecified atom stereocenters. The third kappa shape index (κ3) is 5.69. The van der Waals surface area contributed by atoms with Gasteiger partial charge in [0.2, 0.25) is 10.4 Å². The molecular weight excluding hydrogens is 744 g/mol. The Kier molecular flexibility index (Phi) is 9.66. The molecule has 3 heterocycles. The minimum atomic E-state index is -4.29. The summed E-state index contributed by atoms with van der Waals surface area (Å²) in [5.74, 6) is -7.56. The maximum absolute atomic E-state index is 14.4. The van der Waals surface area contributed by atoms with E-state index in [0.29, 0.717) is 25.7 Å². The topological polar surface area (TPSA) is 241 Å². The molecule has 298 valence electrons. The number of fused-ring (bicyclic) bond motifs is 2. The average Bonchev–Trinajstić information content (AvgIpc) is 3.56. The zero-order valence-corrected chi connectivity index (χ0v) is 31.5. The minimum Gasteiger partial charge on any atom is -0.466 e. The van der Waals surface area contributed by atoms with Crippen molar-refractivity contribution in [3.05, 3.63) is 47.4 Å². The third-order valence-electron chi connectivity index (χ3n) is 12.6. The van der Waals surface area contributed by atoms with Gasteiger partial charge in [0.15, 0.2) is 5.78 Å². The number of aromatic nitrogens is 2. The Morgan fingerprint density at radius 1 is 1.05 bits per heavy atom. The van der Waals surface area contributed by atoms with E-state index < -0.39 is 115 Å². The maximum atomic E-state index is 14.4. The second-order valence-electron chi connectivity index (χ2n) is 15.8. The Morgan fingerprint density at radius 3 is 2.47 bits per heavy atom. The summed E-state index contributed by atoms with van der Waals surface area (Å²) in [6.07, 6.45) is -2.53. The Labute approximate surface area is 315 Å². The van der Waals surface area contributed by atoms with Crippen LogP contribution in [0.3, 0.4) is 0 Å². The molecule has 55 heavy (non-hydrogen) atoms. The molecule has 6 aliphatic rings. The molecule has 6 fully saturated rings. The number of aliphatic hydroxyl groups excluding tert-OH is 1. The maximum Gasteiger partial charge on any atom is 0.404 e. The summed E-state index contributed by atoms with van der Waals surface area (Å²) < 4.78 is 58.9. The highest BCUT2D eigenvalue weighted by Gasteiger charge is 2.88. The number of ether oxygens (including phenoxy) is 5. The number of hydrogen-bond donors (Lipinski definition) is 3. The number of aromatic amines is 1. The number of hydrogen-bond acceptors (Lipinski definition) is 15. The van der Waals surface area contributed by atoms with Crippen LogP contribution in [-0.4, -0.2) is 91.4 Å². The zero-order valence-electron chi connectivity index (χ0n) is 30.7. The number of benzene rings is 1. The van der Waals surface area contributed by atoms with Crippen molar-refractivity contribution in [2.75, 3.05) is 19.8 Å². The van der Waals surface area contributed by atoms with Gasteiger partial charge in [-0.2, -0.15) is 0 Å². The van der Waals surface area contributed by atoms with Crippen LogP contribution >= 0.6 is 0 Å². The van der Waals surface area contributed by atoms with Crippen LogP contribution in [-0.2, 0) is 48.0 Å². The number of ketones is 1. The highest BCUT2D eigenvalue weighted by molar-refractivity contribution is 7.91. The second-order valence-corrected chi connectivity index (χ2v) is 17.7. The fraction of sp³-hybridized carbons (Fsp3) is 0.622. The molecule has 3 N–H and O–H groups in total. The van der Waals surface area contributed by atoms with E-state index in [9.17, 15) is 42.7 Å². The highest BCUT2D eigenvalue weighted by Crippen LogP contribution is 2.77. The lowest BCUT2D eigenvalue weighted by molar-refractivity contribution is -0.744. The lowest BCUT2D eigenvalue weighted by atomic mass is 9.35. The molecule has 17 nitrogen and oxygen atoms in total. The van der Waals surface area contributed by atoms with Gasteiger partial charge < -0.3 is 33.9 Å². The summed E-state index contributed by atoms with van der Waals surface area (Å²) in [5.41, 5.74) is -3.40. The monoisotopic (exact) mass is 789 g/mol. The molecule has 0 amide bonds. The molecule has 1 aromatic heterocycles. The van der Waals surface area contributed by atoms with Crippen molar-refractivity contribution in [3.8, 4) is 5.88 Å². The number of H-pyrrole nitrogens is 1. The van der Waals surface area contributed by atoms with E-state index in [0.717, 1.165) is 0 Å². The predicted octanol–water partition coefficient (Wildman–Crippen LogP) is 1.96. The van der Waals surface area contributed by atoms with Gasteiger partial charge >= 0.3 is 28.8 Å². The van der Waals surface area contributed by atoms with E-state index in [1.165, 1.54) is 31.2 Å². The molecule has 4 saturated carbocycles. The van der Waals surface area contributed by atoms with Crippen LogP contribution in [0.4, 0.5) is 0 Å². The number of esters is 3. The molecule has 4 aliphatic carbocycles. The number of sulfone groups is 1. The van der Waals surface area contributed by atoms with E-state index in [-0.39, 0.29) is 41.3 Å². The first-order chi connectivity index (χ1) is 25.9. The van der Waals surface area contributed by atoms with Gasteiger partial charge in [0.1, 0.15) is 23.7 Å². The van der Waals surface area contributed by atoms with Crippen molar-refractivity contribution in [2.45, 2.75) is 99.7 Å².